The molecule has 1 rings (SSSR count). The molecule has 19 heavy (non-hydrogen) atoms. The van der Waals surface area contributed by atoms with Crippen molar-refractivity contribution in [2.45, 2.75) is 90.4 Å². The van der Waals surface area contributed by atoms with Crippen molar-refractivity contribution < 1.29 is 4.79 Å². The molecule has 2 nitrogen and oxygen atoms in total. The van der Waals surface area contributed by atoms with E-state index < -0.39 is 0 Å². The Labute approximate surface area is 130 Å². The van der Waals surface area contributed by atoms with Gasteiger partial charge in [-0.1, -0.05) is 71.1 Å². The van der Waals surface area contributed by atoms with Gasteiger partial charge < -0.3 is 5.73 Å². The molecule has 2 N–H and O–H groups in total. The molecule has 1 fully saturated rings. The molecule has 112 valence electrons. The Morgan fingerprint density at radius 2 is 1.47 bits per heavy atom. The van der Waals surface area contributed by atoms with Gasteiger partial charge in [-0.15, -0.1) is 0 Å². The van der Waals surface area contributed by atoms with Gasteiger partial charge in [-0.3, -0.25) is 4.79 Å². The van der Waals surface area contributed by atoms with Crippen LogP contribution < -0.4 is 5.73 Å². The first-order valence-electron chi connectivity index (χ1n) is 8.01. The van der Waals surface area contributed by atoms with Gasteiger partial charge in [-0.25, -0.2) is 0 Å². The molecule has 0 unspecified atom stereocenters. The van der Waals surface area contributed by atoms with Crippen LogP contribution in [0.4, 0.5) is 0 Å². The van der Waals surface area contributed by atoms with Crippen molar-refractivity contribution in [1.82, 2.24) is 0 Å². The Morgan fingerprint density at radius 3 is 2.00 bits per heavy atom. The molecule has 0 bridgehead atoms. The smallest absolute Gasteiger partial charge is 0.223 e. The fourth-order valence-electron chi connectivity index (χ4n) is 3.27. The van der Waals surface area contributed by atoms with Gasteiger partial charge >= 0.3 is 0 Å². The van der Waals surface area contributed by atoms with Crippen LogP contribution in [0.5, 0.6) is 0 Å². The lowest BCUT2D eigenvalue weighted by Gasteiger charge is -2.29. The normalized spacial score (nSPS) is 18.4. The molecule has 1 saturated carbocycles. The van der Waals surface area contributed by atoms with Gasteiger partial charge in [-0.05, 0) is 19.3 Å². The second-order valence-corrected chi connectivity index (χ2v) is 6.08. The van der Waals surface area contributed by atoms with E-state index in [1.54, 1.807) is 0 Å². The molecule has 0 radical (unpaired) electrons. The van der Waals surface area contributed by atoms with Crippen molar-refractivity contribution in [3.8, 4) is 0 Å². The number of carbonyl (C=O) groups is 1. The summed E-state index contributed by atoms with van der Waals surface area (Å²) in [5.74, 6) is -0.0297. The van der Waals surface area contributed by atoms with E-state index >= 15 is 0 Å². The van der Waals surface area contributed by atoms with Crippen molar-refractivity contribution in [2.75, 3.05) is 0 Å². The molecule has 1 aliphatic rings. The topological polar surface area (TPSA) is 43.1 Å². The van der Waals surface area contributed by atoms with Crippen molar-refractivity contribution in [2.24, 2.45) is 11.1 Å². The monoisotopic (exact) mass is 283 g/mol. The zero-order valence-electron chi connectivity index (χ0n) is 12.2. The molecule has 0 spiro atoms. The molecule has 1 aliphatic carbocycles. The maximum Gasteiger partial charge on any atom is 0.223 e. The van der Waals surface area contributed by atoms with Crippen molar-refractivity contribution in [1.29, 1.82) is 0 Å². The standard InChI is InChI=1S/C16H31NO.Al.3H/c1-2-3-4-5-6-9-12-16(15(17)18)13-10-7-8-11-14-16;;;;/h2-14H2,1H3,(H2,17,18);;;;. The Bertz CT molecular complexity index is 235. The summed E-state index contributed by atoms with van der Waals surface area (Å²) in [6.45, 7) is 2.24. The van der Waals surface area contributed by atoms with Crippen LogP contribution in [0.2, 0.25) is 0 Å². The second-order valence-electron chi connectivity index (χ2n) is 6.08. The fraction of sp³-hybridized carbons (Fsp3) is 0.938. The minimum absolute atomic E-state index is 0. The molecule has 0 heterocycles. The number of amides is 1. The Kier molecular flexibility index (Phi) is 10.8. The number of hydrogen-bond acceptors (Lipinski definition) is 1. The van der Waals surface area contributed by atoms with E-state index in [-0.39, 0.29) is 28.7 Å². The molecular weight excluding hydrogens is 249 g/mol. The van der Waals surface area contributed by atoms with Gasteiger partial charge in [0, 0.05) is 5.41 Å². The minimum atomic E-state index is -0.152. The van der Waals surface area contributed by atoms with Crippen molar-refractivity contribution in [3.05, 3.63) is 0 Å². The SMILES string of the molecule is CCCCCCCCC1(C(N)=O)CCCCCC1.[AlH3]. The van der Waals surface area contributed by atoms with Crippen molar-refractivity contribution in [3.63, 3.8) is 0 Å². The van der Waals surface area contributed by atoms with Crippen LogP contribution in [0, 0.1) is 5.41 Å². The molecule has 0 aromatic carbocycles. The highest BCUT2D eigenvalue weighted by molar-refractivity contribution is 5.80. The van der Waals surface area contributed by atoms with E-state index in [4.69, 9.17) is 5.73 Å². The third-order valence-corrected chi connectivity index (χ3v) is 4.59. The fourth-order valence-corrected chi connectivity index (χ4v) is 3.27. The van der Waals surface area contributed by atoms with Gasteiger partial charge in [0.05, 0.1) is 0 Å². The average Bonchev–Trinajstić information content (AvgIpc) is 2.60. The van der Waals surface area contributed by atoms with Crippen LogP contribution in [0.3, 0.4) is 0 Å². The Morgan fingerprint density at radius 1 is 0.947 bits per heavy atom. The van der Waals surface area contributed by atoms with Crippen LogP contribution in [0.15, 0.2) is 0 Å². The third kappa shape index (κ3) is 6.82. The van der Waals surface area contributed by atoms with Gasteiger partial charge in [0.1, 0.15) is 0 Å². The Hall–Kier alpha value is 0.00247. The highest BCUT2D eigenvalue weighted by Crippen LogP contribution is 2.39. The zero-order valence-corrected chi connectivity index (χ0v) is 12.2. The summed E-state index contributed by atoms with van der Waals surface area (Å²) in [4.78, 5) is 11.8. The van der Waals surface area contributed by atoms with E-state index in [0.29, 0.717) is 0 Å². The summed E-state index contributed by atoms with van der Waals surface area (Å²) >= 11 is 0. The van der Waals surface area contributed by atoms with E-state index in [1.807, 2.05) is 0 Å². The number of rotatable bonds is 8. The lowest BCUT2D eigenvalue weighted by molar-refractivity contribution is -0.129. The van der Waals surface area contributed by atoms with Crippen LogP contribution in [-0.4, -0.2) is 23.3 Å². The van der Waals surface area contributed by atoms with E-state index in [9.17, 15) is 4.79 Å². The predicted octanol–water partition coefficient (Wildman–Crippen LogP) is 3.38. The highest BCUT2D eigenvalue weighted by Gasteiger charge is 2.35. The van der Waals surface area contributed by atoms with E-state index in [2.05, 4.69) is 6.92 Å². The first-order chi connectivity index (χ1) is 8.71. The minimum Gasteiger partial charge on any atom is -0.369 e. The number of carbonyl (C=O) groups excluding carboxylic acids is 1. The first-order valence-corrected chi connectivity index (χ1v) is 8.01. The quantitative estimate of drug-likeness (QED) is 0.414. The molecular formula is C16H34AlNO. The largest absolute Gasteiger partial charge is 0.369 e. The lowest BCUT2D eigenvalue weighted by Crippen LogP contribution is -2.36. The maximum absolute atomic E-state index is 11.8. The predicted molar refractivity (Wildman–Crippen MR) is 87.3 cm³/mol. The Balaban J connectivity index is 0.00000324. The van der Waals surface area contributed by atoms with Gasteiger partial charge in [0.2, 0.25) is 5.91 Å². The second kappa shape index (κ2) is 10.8. The zero-order chi connectivity index (χ0) is 13.3. The number of unbranched alkanes of at least 4 members (excludes halogenated alkanes) is 5. The summed E-state index contributed by atoms with van der Waals surface area (Å²) in [5.41, 5.74) is 5.54. The molecule has 1 amide bonds. The van der Waals surface area contributed by atoms with Crippen LogP contribution in [0.25, 0.3) is 0 Å². The summed E-state index contributed by atoms with van der Waals surface area (Å²) in [6.07, 6.45) is 15.8. The summed E-state index contributed by atoms with van der Waals surface area (Å²) in [6, 6.07) is 0. The summed E-state index contributed by atoms with van der Waals surface area (Å²) < 4.78 is 0. The first kappa shape index (κ1) is 19.0. The summed E-state index contributed by atoms with van der Waals surface area (Å²) in [5, 5.41) is 0. The number of primary amides is 1. The van der Waals surface area contributed by atoms with Gasteiger partial charge in [0.25, 0.3) is 0 Å². The molecule has 0 aliphatic heterocycles. The third-order valence-electron chi connectivity index (χ3n) is 4.59. The van der Waals surface area contributed by atoms with Crippen LogP contribution in [0.1, 0.15) is 90.4 Å². The van der Waals surface area contributed by atoms with E-state index in [1.165, 1.54) is 64.2 Å². The molecule has 0 atom stereocenters. The summed E-state index contributed by atoms with van der Waals surface area (Å²) in [7, 11) is 0. The highest BCUT2D eigenvalue weighted by atomic mass is 27.0. The van der Waals surface area contributed by atoms with E-state index in [0.717, 1.165) is 19.3 Å². The molecule has 3 heteroatoms. The van der Waals surface area contributed by atoms with Crippen LogP contribution >= 0.6 is 0 Å². The van der Waals surface area contributed by atoms with Gasteiger partial charge in [-0.2, -0.15) is 0 Å². The van der Waals surface area contributed by atoms with Crippen molar-refractivity contribution >= 4 is 23.3 Å². The molecule has 0 aromatic heterocycles. The lowest BCUT2D eigenvalue weighted by atomic mass is 9.75. The van der Waals surface area contributed by atoms with Gasteiger partial charge in [0.15, 0.2) is 17.4 Å². The van der Waals surface area contributed by atoms with Crippen LogP contribution in [-0.2, 0) is 4.79 Å². The molecule has 0 aromatic rings. The average molecular weight is 283 g/mol. The number of hydrogen-bond donors (Lipinski definition) is 1. The maximum atomic E-state index is 11.8. The molecule has 0 saturated heterocycles. The number of nitrogens with two attached hydrogens (primary N) is 1.